The number of allylic oxidation sites excluding steroid dienone is 2. The topological polar surface area (TPSA) is 52.6 Å². The summed E-state index contributed by atoms with van der Waals surface area (Å²) >= 11 is 0. The molecule has 0 saturated carbocycles. The molecule has 0 aromatic carbocycles. The number of carbonyl (C=O) groups is 2. The highest BCUT2D eigenvalue weighted by molar-refractivity contribution is 6.74. The first-order valence-corrected chi connectivity index (χ1v) is 10.4. The fourth-order valence-corrected chi connectivity index (χ4v) is 3.41. The van der Waals surface area contributed by atoms with Gasteiger partial charge < -0.3 is 9.16 Å². The normalized spacial score (nSPS) is 23.3. The van der Waals surface area contributed by atoms with Gasteiger partial charge in [-0.3, -0.25) is 9.59 Å². The van der Waals surface area contributed by atoms with E-state index in [1.165, 1.54) is 14.0 Å². The lowest BCUT2D eigenvalue weighted by Crippen LogP contribution is -2.42. The first kappa shape index (κ1) is 17.9. The molecule has 0 aromatic heterocycles. The van der Waals surface area contributed by atoms with Crippen LogP contribution in [-0.2, 0) is 18.8 Å². The number of ketones is 1. The van der Waals surface area contributed by atoms with E-state index >= 15 is 0 Å². The van der Waals surface area contributed by atoms with Gasteiger partial charge in [-0.2, -0.15) is 0 Å². The van der Waals surface area contributed by atoms with Gasteiger partial charge in [-0.1, -0.05) is 20.8 Å². The second-order valence-electron chi connectivity index (χ2n) is 7.32. The van der Waals surface area contributed by atoms with Crippen LogP contribution in [0.4, 0.5) is 0 Å². The fourth-order valence-electron chi connectivity index (χ4n) is 2.28. The molecule has 0 saturated heterocycles. The summed E-state index contributed by atoms with van der Waals surface area (Å²) in [6.45, 7) is 12.4. The minimum absolute atomic E-state index is 0.0352. The monoisotopic (exact) mass is 312 g/mol. The average molecular weight is 312 g/mol. The highest BCUT2D eigenvalue weighted by Crippen LogP contribution is 2.41. The van der Waals surface area contributed by atoms with Crippen LogP contribution in [0.2, 0.25) is 18.1 Å². The maximum atomic E-state index is 11.9. The lowest BCUT2D eigenvalue weighted by molar-refractivity contribution is -0.150. The molecular formula is C16H28O4Si. The lowest BCUT2D eigenvalue weighted by atomic mass is 9.80. The number of hydrogen-bond donors (Lipinski definition) is 0. The van der Waals surface area contributed by atoms with Crippen molar-refractivity contribution in [1.82, 2.24) is 0 Å². The smallest absolute Gasteiger partial charge is 0.309 e. The van der Waals surface area contributed by atoms with Gasteiger partial charge in [-0.15, -0.1) is 0 Å². The Balaban J connectivity index is 2.93. The number of carbonyl (C=O) groups excluding carboxylic acids is 2. The Kier molecular flexibility index (Phi) is 5.42. The Labute approximate surface area is 129 Å². The largest absolute Gasteiger partial charge is 0.547 e. The van der Waals surface area contributed by atoms with E-state index in [9.17, 15) is 9.59 Å². The van der Waals surface area contributed by atoms with E-state index in [0.717, 1.165) is 5.76 Å². The Morgan fingerprint density at radius 3 is 2.24 bits per heavy atom. The number of rotatable bonds is 4. The molecule has 120 valence electrons. The van der Waals surface area contributed by atoms with Gasteiger partial charge in [0.1, 0.15) is 5.78 Å². The quantitative estimate of drug-likeness (QED) is 0.587. The van der Waals surface area contributed by atoms with Gasteiger partial charge in [0, 0.05) is 12.3 Å². The van der Waals surface area contributed by atoms with Crippen molar-refractivity contribution < 1.29 is 18.8 Å². The van der Waals surface area contributed by atoms with Crippen molar-refractivity contribution >= 4 is 20.1 Å². The van der Waals surface area contributed by atoms with Crippen LogP contribution in [0.1, 0.15) is 40.5 Å². The minimum atomic E-state index is -1.92. The van der Waals surface area contributed by atoms with Crippen molar-refractivity contribution in [3.63, 3.8) is 0 Å². The van der Waals surface area contributed by atoms with Gasteiger partial charge in [0.15, 0.2) is 0 Å². The molecule has 5 heteroatoms. The molecule has 4 nitrogen and oxygen atoms in total. The van der Waals surface area contributed by atoms with Crippen molar-refractivity contribution in [3.05, 3.63) is 11.8 Å². The van der Waals surface area contributed by atoms with E-state index in [-0.39, 0.29) is 22.7 Å². The zero-order valence-corrected chi connectivity index (χ0v) is 15.3. The molecule has 0 N–H and O–H groups in total. The zero-order valence-electron chi connectivity index (χ0n) is 14.3. The molecule has 2 atom stereocenters. The van der Waals surface area contributed by atoms with E-state index in [2.05, 4.69) is 33.9 Å². The lowest BCUT2D eigenvalue weighted by Gasteiger charge is -2.39. The molecule has 0 amide bonds. The van der Waals surface area contributed by atoms with E-state index in [4.69, 9.17) is 9.16 Å². The Morgan fingerprint density at radius 2 is 1.81 bits per heavy atom. The summed E-state index contributed by atoms with van der Waals surface area (Å²) < 4.78 is 11.1. The Bertz CT molecular complexity index is 446. The van der Waals surface area contributed by atoms with E-state index < -0.39 is 14.2 Å². The van der Waals surface area contributed by atoms with Gasteiger partial charge in [0.05, 0.1) is 18.8 Å². The molecule has 1 aliphatic rings. The van der Waals surface area contributed by atoms with Gasteiger partial charge in [0.25, 0.3) is 0 Å². The van der Waals surface area contributed by atoms with Gasteiger partial charge in [-0.05, 0) is 37.6 Å². The number of hydrogen-bond acceptors (Lipinski definition) is 4. The van der Waals surface area contributed by atoms with Crippen molar-refractivity contribution in [1.29, 1.82) is 0 Å². The number of methoxy groups -OCH3 is 1. The number of Topliss-reactive ketones (excluding diaryl/α,β-unsaturated/α-hetero) is 1. The molecule has 0 heterocycles. The van der Waals surface area contributed by atoms with Crippen LogP contribution in [-0.4, -0.2) is 27.2 Å². The second-order valence-corrected chi connectivity index (χ2v) is 12.0. The Hall–Kier alpha value is -1.10. The molecule has 0 radical (unpaired) electrons. The molecule has 0 spiro atoms. The van der Waals surface area contributed by atoms with Crippen LogP contribution in [0.3, 0.4) is 0 Å². The molecule has 0 unspecified atom stereocenters. The van der Waals surface area contributed by atoms with Crippen LogP contribution in [0.25, 0.3) is 0 Å². The van der Waals surface area contributed by atoms with E-state index in [1.807, 2.05) is 6.08 Å². The van der Waals surface area contributed by atoms with Crippen LogP contribution in [0.15, 0.2) is 11.8 Å². The predicted octanol–water partition coefficient (Wildman–Crippen LogP) is 3.68. The second kappa shape index (κ2) is 6.34. The summed E-state index contributed by atoms with van der Waals surface area (Å²) in [6, 6.07) is 0. The van der Waals surface area contributed by atoms with Gasteiger partial charge >= 0.3 is 5.97 Å². The molecule has 0 fully saturated rings. The minimum Gasteiger partial charge on any atom is -0.547 e. The summed E-state index contributed by atoms with van der Waals surface area (Å²) in [6.07, 6.45) is 2.99. The summed E-state index contributed by atoms with van der Waals surface area (Å²) in [7, 11) is -0.554. The summed E-state index contributed by atoms with van der Waals surface area (Å²) in [5.41, 5.74) is 0. The van der Waals surface area contributed by atoms with E-state index in [1.54, 1.807) is 0 Å². The van der Waals surface area contributed by atoms with Crippen LogP contribution in [0.5, 0.6) is 0 Å². The zero-order chi connectivity index (χ0) is 16.4. The predicted molar refractivity (Wildman–Crippen MR) is 85.3 cm³/mol. The molecule has 0 aliphatic heterocycles. The summed E-state index contributed by atoms with van der Waals surface area (Å²) in [5, 5.41) is 0.103. The molecule has 0 bridgehead atoms. The fraction of sp³-hybridized carbons (Fsp3) is 0.750. The highest BCUT2D eigenvalue weighted by Gasteiger charge is 2.42. The summed E-state index contributed by atoms with van der Waals surface area (Å²) in [5.74, 6) is -0.149. The molecule has 21 heavy (non-hydrogen) atoms. The molecule has 1 rings (SSSR count). The maximum Gasteiger partial charge on any atom is 0.309 e. The third-order valence-electron chi connectivity index (χ3n) is 4.72. The van der Waals surface area contributed by atoms with Crippen molar-refractivity contribution in [2.24, 2.45) is 11.8 Å². The van der Waals surface area contributed by atoms with Crippen LogP contribution in [0, 0.1) is 11.8 Å². The van der Waals surface area contributed by atoms with E-state index in [0.29, 0.717) is 12.8 Å². The van der Waals surface area contributed by atoms with Crippen molar-refractivity contribution in [3.8, 4) is 0 Å². The molecule has 1 aliphatic carbocycles. The standard InChI is InChI=1S/C16H28O4Si/c1-11(17)13-9-8-12(10-14(13)15(18)19-5)20-21(6,7)16(2,3)4/h8,13-14H,9-10H2,1-7H3/t13-,14+/m0/s1. The van der Waals surface area contributed by atoms with Gasteiger partial charge in [-0.25, -0.2) is 0 Å². The third kappa shape index (κ3) is 4.19. The maximum absolute atomic E-state index is 11.9. The third-order valence-corrected chi connectivity index (χ3v) is 9.11. The van der Waals surface area contributed by atoms with Crippen molar-refractivity contribution in [2.45, 2.75) is 58.7 Å². The number of ether oxygens (including phenoxy) is 1. The van der Waals surface area contributed by atoms with Gasteiger partial charge in [0.2, 0.25) is 8.32 Å². The first-order valence-electron chi connectivity index (χ1n) is 7.46. The van der Waals surface area contributed by atoms with Crippen molar-refractivity contribution in [2.75, 3.05) is 7.11 Å². The van der Waals surface area contributed by atoms with Crippen LogP contribution >= 0.6 is 0 Å². The summed E-state index contributed by atoms with van der Waals surface area (Å²) in [4.78, 5) is 23.7. The Morgan fingerprint density at radius 1 is 1.24 bits per heavy atom. The molecule has 0 aromatic rings. The highest BCUT2D eigenvalue weighted by atomic mass is 28.4. The van der Waals surface area contributed by atoms with Crippen LogP contribution < -0.4 is 0 Å². The average Bonchev–Trinajstić information content (AvgIpc) is 2.35. The SMILES string of the molecule is COC(=O)[C@@H]1CC(O[Si](C)(C)C(C)(C)C)=CC[C@H]1C(C)=O. The number of esters is 1. The first-order chi connectivity index (χ1) is 9.49. The molecular weight excluding hydrogens is 284 g/mol.